The van der Waals surface area contributed by atoms with Crippen LogP contribution in [-0.2, 0) is 14.8 Å². The maximum absolute atomic E-state index is 15.0. The third-order valence-corrected chi connectivity index (χ3v) is 7.69. The Labute approximate surface area is 194 Å². The predicted octanol–water partition coefficient (Wildman–Crippen LogP) is 2.92. The molecule has 11 heteroatoms. The highest BCUT2D eigenvalue weighted by atomic mass is 35.5. The second-order valence-corrected chi connectivity index (χ2v) is 10.5. The molecule has 7 nitrogen and oxygen atoms in total. The molecule has 0 spiro atoms. The summed E-state index contributed by atoms with van der Waals surface area (Å²) in [5.41, 5.74) is 4.19. The number of halogens is 3. The lowest BCUT2D eigenvalue weighted by Crippen LogP contribution is -2.60. The SMILES string of the molecule is NC(=O)[C@@]1([C@@H](c2cc(F)c(Cl)cc2F)C2CC2)CCCN1C(=O)c1cccc(S(N)(=O)=O)c1. The Balaban J connectivity index is 1.84. The van der Waals surface area contributed by atoms with Gasteiger partial charge in [-0.2, -0.15) is 0 Å². The van der Waals surface area contributed by atoms with Crippen molar-refractivity contribution in [1.29, 1.82) is 0 Å². The lowest BCUT2D eigenvalue weighted by molar-refractivity contribution is -0.129. The first kappa shape index (κ1) is 23.6. The van der Waals surface area contributed by atoms with Crippen LogP contribution in [0, 0.1) is 17.6 Å². The van der Waals surface area contributed by atoms with Crippen LogP contribution >= 0.6 is 11.6 Å². The van der Waals surface area contributed by atoms with E-state index in [1.54, 1.807) is 0 Å². The minimum Gasteiger partial charge on any atom is -0.368 e. The van der Waals surface area contributed by atoms with Gasteiger partial charge >= 0.3 is 0 Å². The fourth-order valence-corrected chi connectivity index (χ4v) is 5.64. The Morgan fingerprint density at radius 2 is 1.85 bits per heavy atom. The maximum Gasteiger partial charge on any atom is 0.254 e. The van der Waals surface area contributed by atoms with Gasteiger partial charge in [0.15, 0.2) is 0 Å². The second-order valence-electron chi connectivity index (χ2n) is 8.52. The molecule has 2 aromatic carbocycles. The van der Waals surface area contributed by atoms with E-state index in [0.717, 1.165) is 18.2 Å². The highest BCUT2D eigenvalue weighted by Crippen LogP contribution is 2.54. The summed E-state index contributed by atoms with van der Waals surface area (Å²) in [6, 6.07) is 6.95. The molecule has 4 rings (SSSR count). The zero-order chi connectivity index (χ0) is 24.1. The van der Waals surface area contributed by atoms with Crippen LogP contribution in [-0.4, -0.2) is 37.2 Å². The average molecular weight is 498 g/mol. The van der Waals surface area contributed by atoms with E-state index in [0.29, 0.717) is 19.3 Å². The highest BCUT2D eigenvalue weighted by Gasteiger charge is 2.59. The van der Waals surface area contributed by atoms with Crippen molar-refractivity contribution in [3.8, 4) is 0 Å². The highest BCUT2D eigenvalue weighted by molar-refractivity contribution is 7.89. The molecule has 2 fully saturated rings. The summed E-state index contributed by atoms with van der Waals surface area (Å²) in [7, 11) is -4.07. The fourth-order valence-electron chi connectivity index (χ4n) is 4.93. The number of carbonyl (C=O) groups excluding carboxylic acids is 2. The van der Waals surface area contributed by atoms with Crippen molar-refractivity contribution in [2.24, 2.45) is 16.8 Å². The number of likely N-dealkylation sites (tertiary alicyclic amines) is 1. The fraction of sp³-hybridized carbons (Fsp3) is 0.364. The third-order valence-electron chi connectivity index (χ3n) is 6.49. The molecule has 2 atom stereocenters. The standard InChI is InChI=1S/C22H22ClF2N3O4S/c23-16-11-17(24)15(10-18(16)25)19(12-5-6-12)22(21(26)30)7-2-8-28(22)20(29)13-3-1-4-14(9-13)33(27,31)32/h1,3-4,9-12,19H,2,5-8H2,(H2,26,30)(H2,27,31,32)/t19-,22+/m1/s1. The van der Waals surface area contributed by atoms with E-state index in [9.17, 15) is 22.4 Å². The van der Waals surface area contributed by atoms with Gasteiger partial charge in [-0.1, -0.05) is 17.7 Å². The molecular formula is C22H22ClF2N3O4S. The van der Waals surface area contributed by atoms with Crippen molar-refractivity contribution in [3.05, 3.63) is 64.2 Å². The van der Waals surface area contributed by atoms with Crippen LogP contribution in [0.4, 0.5) is 8.78 Å². The van der Waals surface area contributed by atoms with Gasteiger partial charge in [0, 0.05) is 18.0 Å². The lowest BCUT2D eigenvalue weighted by atomic mass is 9.73. The van der Waals surface area contributed by atoms with E-state index in [1.165, 1.54) is 23.1 Å². The average Bonchev–Trinajstić information content (AvgIpc) is 3.48. The molecule has 2 amide bonds. The Bertz CT molecular complexity index is 1250. The van der Waals surface area contributed by atoms with Crippen molar-refractivity contribution in [2.45, 2.75) is 42.0 Å². The number of sulfonamides is 1. The van der Waals surface area contributed by atoms with Gasteiger partial charge in [0.05, 0.1) is 9.92 Å². The summed E-state index contributed by atoms with van der Waals surface area (Å²) in [5.74, 6) is -4.16. The molecule has 33 heavy (non-hydrogen) atoms. The first-order chi connectivity index (χ1) is 15.5. The van der Waals surface area contributed by atoms with Crippen molar-refractivity contribution in [2.75, 3.05) is 6.54 Å². The van der Waals surface area contributed by atoms with Gasteiger partial charge in [0.1, 0.15) is 17.2 Å². The number of primary amides is 1. The zero-order valence-electron chi connectivity index (χ0n) is 17.4. The van der Waals surface area contributed by atoms with Crippen LogP contribution in [0.25, 0.3) is 0 Å². The molecule has 1 aliphatic heterocycles. The Kier molecular flexibility index (Phi) is 5.96. The number of rotatable bonds is 6. The molecule has 1 saturated carbocycles. The molecule has 1 aliphatic carbocycles. The van der Waals surface area contributed by atoms with Crippen LogP contribution in [0.5, 0.6) is 0 Å². The first-order valence-corrected chi connectivity index (χ1v) is 12.3. The summed E-state index contributed by atoms with van der Waals surface area (Å²) < 4.78 is 52.8. The minimum absolute atomic E-state index is 0.00800. The largest absolute Gasteiger partial charge is 0.368 e. The third kappa shape index (κ3) is 4.11. The minimum atomic E-state index is -4.07. The quantitative estimate of drug-likeness (QED) is 0.595. The number of hydrogen-bond acceptors (Lipinski definition) is 4. The van der Waals surface area contributed by atoms with Crippen LogP contribution in [0.3, 0.4) is 0 Å². The normalized spacial score (nSPS) is 21.8. The number of carbonyl (C=O) groups is 2. The Hall–Kier alpha value is -2.56. The summed E-state index contributed by atoms with van der Waals surface area (Å²) >= 11 is 5.72. The molecule has 2 aliphatic rings. The molecule has 0 radical (unpaired) electrons. The van der Waals surface area contributed by atoms with Gasteiger partial charge in [-0.15, -0.1) is 0 Å². The Morgan fingerprint density at radius 1 is 1.15 bits per heavy atom. The van der Waals surface area contributed by atoms with Crippen molar-refractivity contribution < 1.29 is 26.8 Å². The first-order valence-electron chi connectivity index (χ1n) is 10.4. The van der Waals surface area contributed by atoms with Gasteiger partial charge in [-0.3, -0.25) is 9.59 Å². The van der Waals surface area contributed by atoms with Crippen molar-refractivity contribution in [3.63, 3.8) is 0 Å². The summed E-state index contributed by atoms with van der Waals surface area (Å²) in [4.78, 5) is 27.5. The number of hydrogen-bond donors (Lipinski definition) is 2. The van der Waals surface area contributed by atoms with E-state index in [-0.39, 0.29) is 34.9 Å². The topological polar surface area (TPSA) is 124 Å². The monoisotopic (exact) mass is 497 g/mol. The van der Waals surface area contributed by atoms with Crippen LogP contribution in [0.15, 0.2) is 41.3 Å². The molecular weight excluding hydrogens is 476 g/mol. The molecule has 1 heterocycles. The van der Waals surface area contributed by atoms with Crippen LogP contribution in [0.2, 0.25) is 5.02 Å². The molecule has 1 saturated heterocycles. The molecule has 0 bridgehead atoms. The molecule has 4 N–H and O–H groups in total. The van der Waals surface area contributed by atoms with Crippen LogP contribution < -0.4 is 10.9 Å². The number of primary sulfonamides is 1. The molecule has 176 valence electrons. The van der Waals surface area contributed by atoms with E-state index in [2.05, 4.69) is 0 Å². The molecule has 2 aromatic rings. The Morgan fingerprint density at radius 3 is 2.45 bits per heavy atom. The van der Waals surface area contributed by atoms with Crippen molar-refractivity contribution >= 4 is 33.4 Å². The van der Waals surface area contributed by atoms with Gasteiger partial charge in [-0.25, -0.2) is 22.3 Å². The van der Waals surface area contributed by atoms with Gasteiger partial charge in [0.25, 0.3) is 5.91 Å². The van der Waals surface area contributed by atoms with Crippen LogP contribution in [0.1, 0.15) is 47.5 Å². The maximum atomic E-state index is 15.0. The number of benzene rings is 2. The number of amides is 2. The van der Waals surface area contributed by atoms with E-state index in [1.807, 2.05) is 0 Å². The van der Waals surface area contributed by atoms with E-state index in [4.69, 9.17) is 22.5 Å². The van der Waals surface area contributed by atoms with E-state index < -0.39 is 50.0 Å². The summed E-state index contributed by atoms with van der Waals surface area (Å²) in [5, 5.41) is 4.79. The zero-order valence-corrected chi connectivity index (χ0v) is 19.0. The number of nitrogens with two attached hydrogens (primary N) is 2. The summed E-state index contributed by atoms with van der Waals surface area (Å²) in [6.07, 6.45) is 1.89. The van der Waals surface area contributed by atoms with Crippen molar-refractivity contribution in [1.82, 2.24) is 4.90 Å². The molecule has 0 aromatic heterocycles. The number of nitrogens with zero attached hydrogens (tertiary/aromatic N) is 1. The van der Waals surface area contributed by atoms with Gasteiger partial charge in [0.2, 0.25) is 15.9 Å². The smallest absolute Gasteiger partial charge is 0.254 e. The van der Waals surface area contributed by atoms with Gasteiger partial charge in [-0.05, 0) is 67.5 Å². The summed E-state index contributed by atoms with van der Waals surface area (Å²) in [6.45, 7) is 0.141. The van der Waals surface area contributed by atoms with Gasteiger partial charge < -0.3 is 10.6 Å². The molecule has 0 unspecified atom stereocenters. The lowest BCUT2D eigenvalue weighted by Gasteiger charge is -2.42. The van der Waals surface area contributed by atoms with E-state index >= 15 is 4.39 Å². The second kappa shape index (κ2) is 8.34. The predicted molar refractivity (Wildman–Crippen MR) is 117 cm³/mol.